The SMILES string of the molecule is CNc1c(F)c(F)c(C(F)(F)S(=O)(=O)O)c(F)c1F. The van der Waals surface area contributed by atoms with Gasteiger partial charge in [0.25, 0.3) is 0 Å². The molecule has 11 heteroatoms. The summed E-state index contributed by atoms with van der Waals surface area (Å²) >= 11 is 0. The first-order valence-electron chi connectivity index (χ1n) is 4.35. The van der Waals surface area contributed by atoms with Crippen molar-refractivity contribution in [1.82, 2.24) is 0 Å². The highest BCUT2D eigenvalue weighted by molar-refractivity contribution is 7.86. The van der Waals surface area contributed by atoms with Crippen molar-refractivity contribution in [3.63, 3.8) is 0 Å². The van der Waals surface area contributed by atoms with Crippen molar-refractivity contribution in [2.24, 2.45) is 0 Å². The van der Waals surface area contributed by atoms with Gasteiger partial charge >= 0.3 is 15.4 Å². The molecule has 0 aliphatic carbocycles. The van der Waals surface area contributed by atoms with Gasteiger partial charge in [-0.3, -0.25) is 4.55 Å². The van der Waals surface area contributed by atoms with Gasteiger partial charge in [-0.05, 0) is 0 Å². The summed E-state index contributed by atoms with van der Waals surface area (Å²) in [6.07, 6.45) is 0. The Morgan fingerprint density at radius 1 is 1.00 bits per heavy atom. The maximum Gasteiger partial charge on any atom is 0.400 e. The molecule has 1 aromatic rings. The minimum Gasteiger partial charge on any atom is -0.383 e. The van der Waals surface area contributed by atoms with Crippen molar-refractivity contribution in [3.8, 4) is 0 Å². The number of hydrogen-bond acceptors (Lipinski definition) is 3. The molecule has 1 aromatic carbocycles. The fourth-order valence-corrected chi connectivity index (χ4v) is 1.67. The van der Waals surface area contributed by atoms with E-state index in [9.17, 15) is 34.8 Å². The molecular formula is C8H5F6NO3S. The lowest BCUT2D eigenvalue weighted by molar-refractivity contribution is 0.0686. The molecule has 19 heavy (non-hydrogen) atoms. The lowest BCUT2D eigenvalue weighted by Gasteiger charge is -2.17. The molecule has 0 saturated carbocycles. The van der Waals surface area contributed by atoms with Gasteiger partial charge < -0.3 is 5.32 Å². The fraction of sp³-hybridized carbons (Fsp3) is 0.250. The van der Waals surface area contributed by atoms with E-state index in [1.807, 2.05) is 0 Å². The molecule has 0 aliphatic rings. The summed E-state index contributed by atoms with van der Waals surface area (Å²) in [5, 5.41) is -3.87. The monoisotopic (exact) mass is 309 g/mol. The Hall–Kier alpha value is -1.49. The standard InChI is InChI=1S/C8H5F6NO3S/c1-15-7-5(11)3(9)2(4(10)6(7)12)8(13,14)19(16,17)18/h15H,1H3,(H,16,17,18). The van der Waals surface area contributed by atoms with Crippen LogP contribution in [-0.4, -0.2) is 20.0 Å². The van der Waals surface area contributed by atoms with Crippen LogP contribution in [0.1, 0.15) is 5.56 Å². The van der Waals surface area contributed by atoms with E-state index in [0.29, 0.717) is 0 Å². The molecule has 4 nitrogen and oxygen atoms in total. The van der Waals surface area contributed by atoms with Crippen LogP contribution >= 0.6 is 0 Å². The number of benzene rings is 1. The Labute approximate surface area is 102 Å². The predicted molar refractivity (Wildman–Crippen MR) is 51.3 cm³/mol. The summed E-state index contributed by atoms with van der Waals surface area (Å²) in [5.41, 5.74) is -4.13. The Balaban J connectivity index is 3.83. The van der Waals surface area contributed by atoms with E-state index in [4.69, 9.17) is 4.55 Å². The second-order valence-electron chi connectivity index (χ2n) is 3.25. The van der Waals surface area contributed by atoms with Crippen LogP contribution in [-0.2, 0) is 15.4 Å². The Morgan fingerprint density at radius 2 is 1.37 bits per heavy atom. The van der Waals surface area contributed by atoms with Crippen LogP contribution in [0.25, 0.3) is 0 Å². The third kappa shape index (κ3) is 2.23. The van der Waals surface area contributed by atoms with Crippen molar-refractivity contribution in [2.75, 3.05) is 12.4 Å². The fourth-order valence-electron chi connectivity index (χ4n) is 1.24. The molecule has 0 atom stereocenters. The second kappa shape index (κ2) is 4.56. The van der Waals surface area contributed by atoms with Crippen molar-refractivity contribution in [1.29, 1.82) is 0 Å². The molecule has 0 amide bonds. The van der Waals surface area contributed by atoms with E-state index in [0.717, 1.165) is 7.05 Å². The lowest BCUT2D eigenvalue weighted by atomic mass is 10.1. The molecule has 0 fully saturated rings. The van der Waals surface area contributed by atoms with Crippen LogP contribution in [0.3, 0.4) is 0 Å². The zero-order chi connectivity index (χ0) is 15.2. The number of hydrogen-bond donors (Lipinski definition) is 2. The zero-order valence-corrected chi connectivity index (χ0v) is 9.76. The van der Waals surface area contributed by atoms with Crippen LogP contribution in [0.2, 0.25) is 0 Å². The molecule has 0 unspecified atom stereocenters. The van der Waals surface area contributed by atoms with E-state index in [1.165, 1.54) is 0 Å². The number of anilines is 1. The molecule has 0 radical (unpaired) electrons. The van der Waals surface area contributed by atoms with Crippen LogP contribution < -0.4 is 5.32 Å². The van der Waals surface area contributed by atoms with Gasteiger partial charge in [-0.15, -0.1) is 0 Å². The number of alkyl halides is 2. The van der Waals surface area contributed by atoms with Crippen LogP contribution in [0.5, 0.6) is 0 Å². The van der Waals surface area contributed by atoms with Crippen LogP contribution in [0, 0.1) is 23.3 Å². The highest BCUT2D eigenvalue weighted by Crippen LogP contribution is 2.40. The molecule has 2 N–H and O–H groups in total. The van der Waals surface area contributed by atoms with Crippen LogP contribution in [0.4, 0.5) is 32.0 Å². The highest BCUT2D eigenvalue weighted by atomic mass is 32.2. The van der Waals surface area contributed by atoms with Gasteiger partial charge in [0.05, 0.1) is 0 Å². The van der Waals surface area contributed by atoms with E-state index < -0.39 is 49.9 Å². The molecule has 1 rings (SSSR count). The van der Waals surface area contributed by atoms with E-state index >= 15 is 0 Å². The van der Waals surface area contributed by atoms with Crippen molar-refractivity contribution >= 4 is 15.8 Å². The summed E-state index contributed by atoms with van der Waals surface area (Å²) in [6, 6.07) is 0. The first kappa shape index (κ1) is 15.6. The maximum atomic E-state index is 13.2. The topological polar surface area (TPSA) is 66.4 Å². The van der Waals surface area contributed by atoms with Gasteiger partial charge in [0, 0.05) is 7.05 Å². The first-order chi connectivity index (χ1) is 8.46. The zero-order valence-electron chi connectivity index (χ0n) is 8.94. The van der Waals surface area contributed by atoms with Gasteiger partial charge in [0.2, 0.25) is 0 Å². The van der Waals surface area contributed by atoms with Gasteiger partial charge in [0.1, 0.15) is 11.3 Å². The lowest BCUT2D eigenvalue weighted by Crippen LogP contribution is -2.29. The second-order valence-corrected chi connectivity index (χ2v) is 4.71. The van der Waals surface area contributed by atoms with Crippen molar-refractivity contribution < 1.29 is 39.3 Å². The smallest absolute Gasteiger partial charge is 0.383 e. The molecule has 0 aliphatic heterocycles. The van der Waals surface area contributed by atoms with Crippen molar-refractivity contribution in [3.05, 3.63) is 28.8 Å². The van der Waals surface area contributed by atoms with Crippen LogP contribution in [0.15, 0.2) is 0 Å². The average Bonchev–Trinajstić information content (AvgIpc) is 2.26. The maximum absolute atomic E-state index is 13.2. The van der Waals surface area contributed by atoms with Gasteiger partial charge in [-0.1, -0.05) is 0 Å². The van der Waals surface area contributed by atoms with Gasteiger partial charge in [-0.25, -0.2) is 17.6 Å². The third-order valence-corrected chi connectivity index (χ3v) is 2.98. The Bertz CT molecular complexity index is 601. The van der Waals surface area contributed by atoms with Gasteiger partial charge in [-0.2, -0.15) is 17.2 Å². The van der Waals surface area contributed by atoms with E-state index in [2.05, 4.69) is 0 Å². The molecule has 0 aromatic heterocycles. The average molecular weight is 309 g/mol. The quantitative estimate of drug-likeness (QED) is 0.510. The summed E-state index contributed by atoms with van der Waals surface area (Å²) in [7, 11) is -5.47. The molecule has 0 heterocycles. The van der Waals surface area contributed by atoms with E-state index in [-0.39, 0.29) is 0 Å². The Kier molecular flexibility index (Phi) is 3.74. The molecule has 108 valence electrons. The third-order valence-electron chi connectivity index (χ3n) is 2.13. The highest BCUT2D eigenvalue weighted by Gasteiger charge is 2.52. The largest absolute Gasteiger partial charge is 0.400 e. The number of nitrogens with one attached hydrogen (secondary N) is 1. The molecule has 0 bridgehead atoms. The summed E-state index contributed by atoms with van der Waals surface area (Å²) in [6.45, 7) is 0. The summed E-state index contributed by atoms with van der Waals surface area (Å²) in [4.78, 5) is 0. The van der Waals surface area contributed by atoms with E-state index in [1.54, 1.807) is 5.32 Å². The molecular weight excluding hydrogens is 304 g/mol. The predicted octanol–water partition coefficient (Wildman–Crippen LogP) is 2.22. The first-order valence-corrected chi connectivity index (χ1v) is 5.79. The Morgan fingerprint density at radius 3 is 1.63 bits per heavy atom. The normalized spacial score (nSPS) is 12.6. The van der Waals surface area contributed by atoms with Gasteiger partial charge in [0.15, 0.2) is 23.3 Å². The molecule has 0 spiro atoms. The van der Waals surface area contributed by atoms with Crippen molar-refractivity contribution in [2.45, 2.75) is 5.25 Å². The summed E-state index contributed by atoms with van der Waals surface area (Å²) < 4.78 is 108. The minimum absolute atomic E-state index is 0.848. The number of halogens is 6. The number of rotatable bonds is 3. The summed E-state index contributed by atoms with van der Waals surface area (Å²) in [5.74, 6) is -9.77. The minimum atomic E-state index is -6.32. The molecule has 0 saturated heterocycles.